The summed E-state index contributed by atoms with van der Waals surface area (Å²) in [4.78, 5) is 31.9. The number of carboxylic acid groups (broad SMARTS) is 1. The zero-order valence-electron chi connectivity index (χ0n) is 7.54. The maximum Gasteiger partial charge on any atom is 0.372 e. The van der Waals surface area contributed by atoms with Crippen molar-refractivity contribution in [1.82, 2.24) is 0 Å². The van der Waals surface area contributed by atoms with Crippen LogP contribution in [-0.4, -0.2) is 16.9 Å². The minimum atomic E-state index is -2.81. The lowest BCUT2D eigenvalue weighted by Gasteiger charge is -1.99. The Morgan fingerprint density at radius 1 is 1.33 bits per heavy atom. The van der Waals surface area contributed by atoms with E-state index < -0.39 is 26.2 Å². The molecule has 1 unspecified atom stereocenters. The van der Waals surface area contributed by atoms with Crippen LogP contribution in [0.4, 0.5) is 0 Å². The lowest BCUT2D eigenvalue weighted by atomic mass is 10.1. The monoisotopic (exact) mass is 226 g/mol. The molecule has 0 aliphatic heterocycles. The zero-order valence-corrected chi connectivity index (χ0v) is 8.44. The van der Waals surface area contributed by atoms with Crippen LogP contribution >= 0.6 is 8.03 Å². The van der Waals surface area contributed by atoms with Gasteiger partial charge >= 0.3 is 14.0 Å². The van der Waals surface area contributed by atoms with Crippen molar-refractivity contribution in [3.8, 4) is 0 Å². The summed E-state index contributed by atoms with van der Waals surface area (Å²) in [5.41, 5.74) is 0.209. The fourth-order valence-electron chi connectivity index (χ4n) is 1.09. The van der Waals surface area contributed by atoms with E-state index in [0.29, 0.717) is 0 Å². The molecule has 0 spiro atoms. The van der Waals surface area contributed by atoms with Crippen LogP contribution in [0.5, 0.6) is 0 Å². The molecule has 15 heavy (non-hydrogen) atoms. The Bertz CT molecular complexity index is 426. The molecule has 0 saturated heterocycles. The van der Waals surface area contributed by atoms with Crippen molar-refractivity contribution in [3.05, 3.63) is 29.8 Å². The van der Waals surface area contributed by atoms with Gasteiger partial charge in [-0.1, -0.05) is 22.8 Å². The first kappa shape index (κ1) is 11.5. The third-order valence-corrected chi connectivity index (χ3v) is 2.61. The molecule has 0 heterocycles. The molecule has 0 aromatic heterocycles. The molecule has 1 rings (SSSR count). The van der Waals surface area contributed by atoms with Crippen molar-refractivity contribution in [2.45, 2.75) is 6.42 Å². The van der Waals surface area contributed by atoms with Crippen LogP contribution < -0.4 is 10.2 Å². The maximum absolute atomic E-state index is 10.9. The van der Waals surface area contributed by atoms with Gasteiger partial charge in [0.05, 0.1) is 0 Å². The fourth-order valence-corrected chi connectivity index (χ4v) is 1.68. The average Bonchev–Trinajstić information content (AvgIpc) is 2.18. The molecule has 5 nitrogen and oxygen atoms in total. The first-order valence-electron chi connectivity index (χ1n) is 4.01. The van der Waals surface area contributed by atoms with Crippen LogP contribution in [0.3, 0.4) is 0 Å². The second kappa shape index (κ2) is 4.77. The SMILES string of the molecule is O=C(O)C(=O)Cc1ccccc1[P+](=O)[O-]. The predicted octanol–water partition coefficient (Wildman–Crippen LogP) is -0.389. The summed E-state index contributed by atoms with van der Waals surface area (Å²) < 4.78 is 10.8. The molecule has 1 aromatic rings. The summed E-state index contributed by atoms with van der Waals surface area (Å²) in [5, 5.41) is 8.36. The van der Waals surface area contributed by atoms with Crippen molar-refractivity contribution in [2.75, 3.05) is 0 Å². The van der Waals surface area contributed by atoms with Crippen molar-refractivity contribution in [3.63, 3.8) is 0 Å². The standard InChI is InChI=1S/C9H7O5P/c10-7(9(11)12)5-6-3-1-2-4-8(6)15(13)14/h1-4H,5H2,(H,11,12). The Balaban J connectivity index is 2.99. The molecule has 0 fully saturated rings. The molecular formula is C9H7O5P. The first-order chi connectivity index (χ1) is 7.02. The summed E-state index contributed by atoms with van der Waals surface area (Å²) in [6.45, 7) is 0. The Morgan fingerprint density at radius 2 is 1.93 bits per heavy atom. The van der Waals surface area contributed by atoms with E-state index in [2.05, 4.69) is 0 Å². The molecule has 1 N–H and O–H groups in total. The van der Waals surface area contributed by atoms with Gasteiger partial charge in [0.25, 0.3) is 0 Å². The highest BCUT2D eigenvalue weighted by Crippen LogP contribution is 2.12. The number of carbonyl (C=O) groups excluding carboxylic acids is 1. The smallest absolute Gasteiger partial charge is 0.372 e. The van der Waals surface area contributed by atoms with E-state index >= 15 is 0 Å². The maximum atomic E-state index is 10.9. The molecule has 0 aliphatic rings. The Kier molecular flexibility index (Phi) is 3.66. The number of rotatable bonds is 4. The van der Waals surface area contributed by atoms with E-state index in [1.807, 2.05) is 0 Å². The molecule has 0 radical (unpaired) electrons. The zero-order chi connectivity index (χ0) is 11.4. The third-order valence-electron chi connectivity index (χ3n) is 1.78. The van der Waals surface area contributed by atoms with Crippen LogP contribution in [0.15, 0.2) is 24.3 Å². The summed E-state index contributed by atoms with van der Waals surface area (Å²) >= 11 is 0. The molecule has 1 aromatic carbocycles. The number of carbonyl (C=O) groups is 2. The molecule has 6 heteroatoms. The van der Waals surface area contributed by atoms with E-state index in [1.165, 1.54) is 18.2 Å². The first-order valence-corrected chi connectivity index (χ1v) is 5.18. The molecule has 0 bridgehead atoms. The van der Waals surface area contributed by atoms with Crippen LogP contribution in [0.25, 0.3) is 0 Å². The van der Waals surface area contributed by atoms with Crippen molar-refractivity contribution >= 4 is 25.1 Å². The predicted molar refractivity (Wildman–Crippen MR) is 50.0 cm³/mol. The van der Waals surface area contributed by atoms with E-state index in [-0.39, 0.29) is 10.9 Å². The lowest BCUT2D eigenvalue weighted by Crippen LogP contribution is -2.20. The van der Waals surface area contributed by atoms with E-state index in [4.69, 9.17) is 5.11 Å². The minimum Gasteiger partial charge on any atom is -0.591 e. The normalized spacial score (nSPS) is 10.9. The number of hydrogen-bond donors (Lipinski definition) is 1. The van der Waals surface area contributed by atoms with Gasteiger partial charge in [0.1, 0.15) is 0 Å². The molecule has 78 valence electrons. The van der Waals surface area contributed by atoms with Gasteiger partial charge in [-0.2, -0.15) is 0 Å². The number of aliphatic carboxylic acids is 1. The molecule has 0 amide bonds. The quantitative estimate of drug-likeness (QED) is 0.557. The van der Waals surface area contributed by atoms with Gasteiger partial charge in [0, 0.05) is 12.0 Å². The van der Waals surface area contributed by atoms with Gasteiger partial charge < -0.3 is 10.00 Å². The Labute approximate surface area is 86.2 Å². The summed E-state index contributed by atoms with van der Waals surface area (Å²) in [5.74, 6) is -2.59. The van der Waals surface area contributed by atoms with Crippen LogP contribution in [0.1, 0.15) is 5.56 Å². The number of Topliss-reactive ketones (excluding diaryl/α,β-unsaturated/α-hetero) is 1. The van der Waals surface area contributed by atoms with Gasteiger partial charge in [-0.15, -0.1) is 0 Å². The Morgan fingerprint density at radius 3 is 2.47 bits per heavy atom. The van der Waals surface area contributed by atoms with Crippen LogP contribution in [0.2, 0.25) is 0 Å². The number of ketones is 1. The number of benzene rings is 1. The van der Waals surface area contributed by atoms with Crippen LogP contribution in [-0.2, 0) is 20.6 Å². The molecular weight excluding hydrogens is 219 g/mol. The summed E-state index contributed by atoms with van der Waals surface area (Å²) in [6.07, 6.45) is -0.408. The van der Waals surface area contributed by atoms with Crippen molar-refractivity contribution < 1.29 is 24.2 Å². The Hall–Kier alpha value is -1.58. The molecule has 0 saturated carbocycles. The highest BCUT2D eigenvalue weighted by Gasteiger charge is 2.19. The second-order valence-corrected chi connectivity index (χ2v) is 3.79. The molecule has 1 atom stereocenters. The van der Waals surface area contributed by atoms with Gasteiger partial charge in [-0.25, -0.2) is 4.79 Å². The average molecular weight is 226 g/mol. The van der Waals surface area contributed by atoms with Gasteiger partial charge in [0.2, 0.25) is 5.78 Å². The van der Waals surface area contributed by atoms with Gasteiger partial charge in [-0.3, -0.25) is 4.79 Å². The summed E-state index contributed by atoms with van der Waals surface area (Å²) in [7, 11) is -2.81. The highest BCUT2D eigenvalue weighted by atomic mass is 31.1. The van der Waals surface area contributed by atoms with E-state index in [1.54, 1.807) is 6.07 Å². The van der Waals surface area contributed by atoms with E-state index in [9.17, 15) is 19.0 Å². The number of carboxylic acids is 1. The topological polar surface area (TPSA) is 94.5 Å². The largest absolute Gasteiger partial charge is 0.591 e. The molecule has 0 aliphatic carbocycles. The minimum absolute atomic E-state index is 0.0119. The van der Waals surface area contributed by atoms with Crippen molar-refractivity contribution in [1.29, 1.82) is 0 Å². The highest BCUT2D eigenvalue weighted by molar-refractivity contribution is 7.46. The fraction of sp³-hybridized carbons (Fsp3) is 0.111. The van der Waals surface area contributed by atoms with Crippen molar-refractivity contribution in [2.24, 2.45) is 0 Å². The summed E-state index contributed by atoms with van der Waals surface area (Å²) in [6, 6.07) is 5.81. The van der Waals surface area contributed by atoms with E-state index in [0.717, 1.165) is 0 Å². The van der Waals surface area contributed by atoms with Gasteiger partial charge in [0.15, 0.2) is 5.30 Å². The lowest BCUT2D eigenvalue weighted by molar-refractivity contribution is -0.160. The number of hydrogen-bond acceptors (Lipinski definition) is 4. The van der Waals surface area contributed by atoms with Crippen LogP contribution in [0, 0.1) is 0 Å². The second-order valence-electron chi connectivity index (χ2n) is 2.79. The van der Waals surface area contributed by atoms with Gasteiger partial charge in [-0.05, 0) is 6.07 Å². The third kappa shape index (κ3) is 2.94.